The van der Waals surface area contributed by atoms with Gasteiger partial charge in [-0.15, -0.1) is 0 Å². The molecular formula is C13H14O5. The third-order valence-electron chi connectivity index (χ3n) is 2.99. The monoisotopic (exact) mass is 250 g/mol. The molecule has 0 radical (unpaired) electrons. The van der Waals surface area contributed by atoms with Crippen molar-refractivity contribution in [2.75, 3.05) is 14.2 Å². The summed E-state index contributed by atoms with van der Waals surface area (Å²) in [5.74, 6) is 0.0186. The summed E-state index contributed by atoms with van der Waals surface area (Å²) in [4.78, 5) is 23.0. The molecule has 96 valence electrons. The zero-order valence-corrected chi connectivity index (χ0v) is 10.5. The second-order valence-electron chi connectivity index (χ2n) is 4.09. The Morgan fingerprint density at radius 1 is 1.33 bits per heavy atom. The van der Waals surface area contributed by atoms with Crippen LogP contribution in [0.5, 0.6) is 17.2 Å². The van der Waals surface area contributed by atoms with Crippen molar-refractivity contribution in [3.8, 4) is 17.2 Å². The summed E-state index contributed by atoms with van der Waals surface area (Å²) < 4.78 is 15.5. The number of esters is 1. The highest BCUT2D eigenvalue weighted by Crippen LogP contribution is 2.39. The van der Waals surface area contributed by atoms with E-state index in [1.54, 1.807) is 12.1 Å². The summed E-state index contributed by atoms with van der Waals surface area (Å²) in [5, 5.41) is 0. The predicted octanol–water partition coefficient (Wildman–Crippen LogP) is 1.37. The van der Waals surface area contributed by atoms with Gasteiger partial charge in [0.25, 0.3) is 0 Å². The number of rotatable bonds is 3. The summed E-state index contributed by atoms with van der Waals surface area (Å²) in [7, 11) is 3.04. The van der Waals surface area contributed by atoms with Gasteiger partial charge in [-0.25, -0.2) is 0 Å². The van der Waals surface area contributed by atoms with Crippen LogP contribution in [0.1, 0.15) is 12.5 Å². The quantitative estimate of drug-likeness (QED) is 0.460. The highest BCUT2D eigenvalue weighted by Gasteiger charge is 2.34. The standard InChI is InChI=1S/C13H14O5/c1-7(14)9-6-10-11(17-3)4-8(16-2)5-12(10)18-13(9)15/h4-5,9H,6H2,1-3H3/t9-/m0/s1. The fourth-order valence-corrected chi connectivity index (χ4v) is 1.96. The topological polar surface area (TPSA) is 61.8 Å². The summed E-state index contributed by atoms with van der Waals surface area (Å²) in [6.07, 6.45) is 0.302. The molecule has 1 heterocycles. The number of hydrogen-bond donors (Lipinski definition) is 0. The van der Waals surface area contributed by atoms with Gasteiger partial charge >= 0.3 is 5.97 Å². The zero-order chi connectivity index (χ0) is 13.3. The minimum Gasteiger partial charge on any atom is -0.496 e. The Morgan fingerprint density at radius 3 is 2.61 bits per heavy atom. The molecule has 0 bridgehead atoms. The van der Waals surface area contributed by atoms with Crippen molar-refractivity contribution in [1.82, 2.24) is 0 Å². The Kier molecular flexibility index (Phi) is 3.23. The average molecular weight is 250 g/mol. The Labute approximate surface area is 105 Å². The van der Waals surface area contributed by atoms with Crippen molar-refractivity contribution in [3.63, 3.8) is 0 Å². The van der Waals surface area contributed by atoms with E-state index in [2.05, 4.69) is 0 Å². The summed E-state index contributed by atoms with van der Waals surface area (Å²) >= 11 is 0. The van der Waals surface area contributed by atoms with Crippen LogP contribution in [0, 0.1) is 5.92 Å². The van der Waals surface area contributed by atoms with Gasteiger partial charge in [-0.3, -0.25) is 9.59 Å². The largest absolute Gasteiger partial charge is 0.496 e. The van der Waals surface area contributed by atoms with E-state index in [1.165, 1.54) is 21.1 Å². The van der Waals surface area contributed by atoms with Gasteiger partial charge in [0.15, 0.2) is 0 Å². The van der Waals surface area contributed by atoms with Crippen molar-refractivity contribution in [2.45, 2.75) is 13.3 Å². The lowest BCUT2D eigenvalue weighted by molar-refractivity contribution is -0.144. The van der Waals surface area contributed by atoms with Gasteiger partial charge in [-0.1, -0.05) is 0 Å². The first-order valence-corrected chi connectivity index (χ1v) is 5.54. The molecule has 0 fully saturated rings. The number of fused-ring (bicyclic) bond motifs is 1. The van der Waals surface area contributed by atoms with Crippen LogP contribution in [0.4, 0.5) is 0 Å². The number of ether oxygens (including phenoxy) is 3. The summed E-state index contributed by atoms with van der Waals surface area (Å²) in [6, 6.07) is 3.32. The highest BCUT2D eigenvalue weighted by atomic mass is 16.5. The highest BCUT2D eigenvalue weighted by molar-refractivity contribution is 6.00. The van der Waals surface area contributed by atoms with Gasteiger partial charge in [-0.2, -0.15) is 0 Å². The average Bonchev–Trinajstić information content (AvgIpc) is 2.35. The van der Waals surface area contributed by atoms with Crippen LogP contribution in [-0.2, 0) is 16.0 Å². The van der Waals surface area contributed by atoms with E-state index in [9.17, 15) is 9.59 Å². The molecule has 0 saturated heterocycles. The molecule has 0 aliphatic carbocycles. The Bertz CT molecular complexity index is 506. The van der Waals surface area contributed by atoms with Crippen LogP contribution in [0.2, 0.25) is 0 Å². The molecule has 1 aliphatic heterocycles. The lowest BCUT2D eigenvalue weighted by atomic mass is 9.92. The van der Waals surface area contributed by atoms with Crippen molar-refractivity contribution >= 4 is 11.8 Å². The second kappa shape index (κ2) is 4.68. The van der Waals surface area contributed by atoms with Crippen LogP contribution in [0.15, 0.2) is 12.1 Å². The maximum atomic E-state index is 11.7. The van der Waals surface area contributed by atoms with Crippen molar-refractivity contribution in [2.24, 2.45) is 5.92 Å². The number of ketones is 1. The number of carbonyl (C=O) groups is 2. The maximum absolute atomic E-state index is 11.7. The molecule has 5 heteroatoms. The van der Waals surface area contributed by atoms with E-state index in [0.29, 0.717) is 23.7 Å². The normalized spacial score (nSPS) is 17.7. The molecule has 2 rings (SSSR count). The first-order valence-electron chi connectivity index (χ1n) is 5.54. The van der Waals surface area contributed by atoms with Crippen LogP contribution in [0.25, 0.3) is 0 Å². The molecular weight excluding hydrogens is 236 g/mol. The molecule has 0 N–H and O–H groups in total. The lowest BCUT2D eigenvalue weighted by Gasteiger charge is -2.23. The first-order chi connectivity index (χ1) is 8.56. The summed E-state index contributed by atoms with van der Waals surface area (Å²) in [6.45, 7) is 1.38. The fraction of sp³-hybridized carbons (Fsp3) is 0.385. The molecule has 1 aliphatic rings. The Hall–Kier alpha value is -2.04. The zero-order valence-electron chi connectivity index (χ0n) is 10.5. The van der Waals surface area contributed by atoms with Gasteiger partial charge in [0.05, 0.1) is 14.2 Å². The number of Topliss-reactive ketones (excluding diaryl/α,β-unsaturated/α-hetero) is 1. The van der Waals surface area contributed by atoms with Crippen LogP contribution in [0.3, 0.4) is 0 Å². The molecule has 1 aromatic carbocycles. The maximum Gasteiger partial charge on any atom is 0.322 e. The molecule has 0 aromatic heterocycles. The van der Waals surface area contributed by atoms with E-state index < -0.39 is 11.9 Å². The SMILES string of the molecule is COc1cc(OC)c2c(c1)OC(=O)[C@H](C(C)=O)C2. The minimum absolute atomic E-state index is 0.205. The van der Waals surface area contributed by atoms with E-state index in [0.717, 1.165) is 5.56 Å². The van der Waals surface area contributed by atoms with Crippen molar-refractivity contribution < 1.29 is 23.8 Å². The number of carbonyl (C=O) groups excluding carboxylic acids is 2. The molecule has 0 amide bonds. The minimum atomic E-state index is -0.750. The number of hydrogen-bond acceptors (Lipinski definition) is 5. The Balaban J connectivity index is 2.48. The third kappa shape index (κ3) is 2.03. The lowest BCUT2D eigenvalue weighted by Crippen LogP contribution is -2.32. The van der Waals surface area contributed by atoms with Gasteiger partial charge < -0.3 is 14.2 Å². The van der Waals surface area contributed by atoms with Crippen molar-refractivity contribution in [3.05, 3.63) is 17.7 Å². The molecule has 18 heavy (non-hydrogen) atoms. The van der Waals surface area contributed by atoms with E-state index in [-0.39, 0.29) is 5.78 Å². The third-order valence-corrected chi connectivity index (χ3v) is 2.99. The number of methoxy groups -OCH3 is 2. The molecule has 1 atom stereocenters. The Morgan fingerprint density at radius 2 is 2.06 bits per heavy atom. The first kappa shape index (κ1) is 12.4. The number of benzene rings is 1. The molecule has 0 unspecified atom stereocenters. The van der Waals surface area contributed by atoms with Gasteiger partial charge in [0.1, 0.15) is 28.9 Å². The van der Waals surface area contributed by atoms with Gasteiger partial charge in [-0.05, 0) is 6.92 Å². The van der Waals surface area contributed by atoms with Gasteiger partial charge in [0, 0.05) is 24.1 Å². The second-order valence-corrected chi connectivity index (χ2v) is 4.09. The van der Waals surface area contributed by atoms with E-state index >= 15 is 0 Å². The van der Waals surface area contributed by atoms with Crippen molar-refractivity contribution in [1.29, 1.82) is 0 Å². The van der Waals surface area contributed by atoms with Crippen LogP contribution in [-0.4, -0.2) is 26.0 Å². The fourth-order valence-electron chi connectivity index (χ4n) is 1.96. The van der Waals surface area contributed by atoms with Crippen LogP contribution >= 0.6 is 0 Å². The van der Waals surface area contributed by atoms with E-state index in [1.807, 2.05) is 0 Å². The van der Waals surface area contributed by atoms with E-state index in [4.69, 9.17) is 14.2 Å². The predicted molar refractivity (Wildman–Crippen MR) is 63.1 cm³/mol. The molecule has 0 saturated carbocycles. The molecule has 1 aromatic rings. The van der Waals surface area contributed by atoms with Gasteiger partial charge in [0.2, 0.25) is 0 Å². The molecule has 5 nitrogen and oxygen atoms in total. The molecule has 0 spiro atoms. The smallest absolute Gasteiger partial charge is 0.322 e. The summed E-state index contributed by atoms with van der Waals surface area (Å²) in [5.41, 5.74) is 0.720. The van der Waals surface area contributed by atoms with Crippen LogP contribution < -0.4 is 14.2 Å².